The van der Waals surface area contributed by atoms with Gasteiger partial charge in [-0.1, -0.05) is 0 Å². The topological polar surface area (TPSA) is 116 Å². The number of aliphatic hydroxyl groups is 2. The van der Waals surface area contributed by atoms with Gasteiger partial charge in [-0.2, -0.15) is 0 Å². The standard InChI is InChI=1S/C12H17N3O5/c1-6-4-14(12(20)13-11(6)19)10-3-9(18)8(5-16)15(10)7(2)17/h4,8-10,16,18H,3,5H2,1-2H3,(H,13,19,20)/t8-,9+,10+/m1/s1. The van der Waals surface area contributed by atoms with E-state index in [-0.39, 0.29) is 12.3 Å². The summed E-state index contributed by atoms with van der Waals surface area (Å²) >= 11 is 0. The van der Waals surface area contributed by atoms with E-state index in [1.165, 1.54) is 22.6 Å². The van der Waals surface area contributed by atoms with Crippen molar-refractivity contribution in [3.8, 4) is 0 Å². The van der Waals surface area contributed by atoms with Crippen LogP contribution in [0, 0.1) is 6.92 Å². The molecule has 1 fully saturated rings. The largest absolute Gasteiger partial charge is 0.394 e. The quantitative estimate of drug-likeness (QED) is 0.599. The molecule has 0 saturated carbocycles. The van der Waals surface area contributed by atoms with Gasteiger partial charge < -0.3 is 15.1 Å². The number of carbonyl (C=O) groups excluding carboxylic acids is 1. The summed E-state index contributed by atoms with van der Waals surface area (Å²) in [6.45, 7) is 2.45. The Labute approximate surface area is 114 Å². The van der Waals surface area contributed by atoms with Crippen molar-refractivity contribution in [3.63, 3.8) is 0 Å². The zero-order valence-corrected chi connectivity index (χ0v) is 11.2. The van der Waals surface area contributed by atoms with Gasteiger partial charge in [-0.05, 0) is 6.92 Å². The van der Waals surface area contributed by atoms with Crippen molar-refractivity contribution < 1.29 is 15.0 Å². The second-order valence-electron chi connectivity index (χ2n) is 4.94. The third kappa shape index (κ3) is 2.27. The van der Waals surface area contributed by atoms with Crippen molar-refractivity contribution in [1.29, 1.82) is 0 Å². The first-order chi connectivity index (χ1) is 9.36. The molecule has 1 amide bonds. The number of hydrogen-bond donors (Lipinski definition) is 3. The second kappa shape index (κ2) is 5.22. The highest BCUT2D eigenvalue weighted by molar-refractivity contribution is 5.74. The van der Waals surface area contributed by atoms with Crippen LogP contribution in [0.15, 0.2) is 15.8 Å². The van der Waals surface area contributed by atoms with Crippen LogP contribution < -0.4 is 11.2 Å². The van der Waals surface area contributed by atoms with E-state index in [0.29, 0.717) is 5.56 Å². The minimum absolute atomic E-state index is 0.121. The molecule has 0 spiro atoms. The highest BCUT2D eigenvalue weighted by Crippen LogP contribution is 2.31. The molecule has 20 heavy (non-hydrogen) atoms. The predicted octanol–water partition coefficient (Wildman–Crippen LogP) is -1.68. The summed E-state index contributed by atoms with van der Waals surface area (Å²) in [5.41, 5.74) is -0.810. The molecule has 8 heteroatoms. The highest BCUT2D eigenvalue weighted by Gasteiger charge is 2.42. The summed E-state index contributed by atoms with van der Waals surface area (Å²) in [6.07, 6.45) is -0.166. The lowest BCUT2D eigenvalue weighted by atomic mass is 10.2. The summed E-state index contributed by atoms with van der Waals surface area (Å²) in [5, 5.41) is 19.2. The van der Waals surface area contributed by atoms with Gasteiger partial charge in [0.25, 0.3) is 5.56 Å². The number of nitrogens with zero attached hydrogens (tertiary/aromatic N) is 2. The molecular weight excluding hydrogens is 266 g/mol. The van der Waals surface area contributed by atoms with E-state index in [0.717, 1.165) is 0 Å². The van der Waals surface area contributed by atoms with Gasteiger partial charge in [-0.25, -0.2) is 4.79 Å². The van der Waals surface area contributed by atoms with Crippen molar-refractivity contribution in [2.24, 2.45) is 0 Å². The van der Waals surface area contributed by atoms with Crippen LogP contribution in [-0.2, 0) is 4.79 Å². The van der Waals surface area contributed by atoms with Crippen molar-refractivity contribution >= 4 is 5.91 Å². The Hall–Kier alpha value is -1.93. The van der Waals surface area contributed by atoms with E-state index in [9.17, 15) is 24.6 Å². The molecule has 8 nitrogen and oxygen atoms in total. The Morgan fingerprint density at radius 3 is 2.70 bits per heavy atom. The molecule has 0 aromatic carbocycles. The summed E-state index contributed by atoms with van der Waals surface area (Å²) in [4.78, 5) is 38.4. The zero-order valence-electron chi connectivity index (χ0n) is 11.2. The van der Waals surface area contributed by atoms with Crippen LogP contribution in [-0.4, -0.2) is 49.3 Å². The monoisotopic (exact) mass is 283 g/mol. The molecule has 0 unspecified atom stereocenters. The van der Waals surface area contributed by atoms with E-state index >= 15 is 0 Å². The van der Waals surface area contributed by atoms with Gasteiger partial charge in [0.15, 0.2) is 0 Å². The Morgan fingerprint density at radius 2 is 2.15 bits per heavy atom. The maximum atomic E-state index is 11.9. The van der Waals surface area contributed by atoms with Crippen molar-refractivity contribution in [2.45, 2.75) is 38.6 Å². The molecule has 1 aliphatic rings. The number of rotatable bonds is 2. The minimum Gasteiger partial charge on any atom is -0.394 e. The van der Waals surface area contributed by atoms with E-state index in [4.69, 9.17) is 0 Å². The first-order valence-electron chi connectivity index (χ1n) is 6.26. The Morgan fingerprint density at radius 1 is 1.50 bits per heavy atom. The number of nitrogens with one attached hydrogen (secondary N) is 1. The molecule has 110 valence electrons. The molecule has 1 saturated heterocycles. The lowest BCUT2D eigenvalue weighted by molar-refractivity contribution is -0.135. The first-order valence-corrected chi connectivity index (χ1v) is 6.26. The van der Waals surface area contributed by atoms with Crippen molar-refractivity contribution in [1.82, 2.24) is 14.5 Å². The fourth-order valence-electron chi connectivity index (χ4n) is 2.60. The average Bonchev–Trinajstić information content (AvgIpc) is 2.70. The van der Waals surface area contributed by atoms with E-state index in [1.54, 1.807) is 6.92 Å². The number of aryl methyl sites for hydroxylation is 1. The SMILES string of the molecule is CC(=O)N1[C@H](CO)[C@@H](O)C[C@H]1n1cc(C)c(=O)[nH]c1=O. The third-order valence-electron chi connectivity index (χ3n) is 3.59. The summed E-state index contributed by atoms with van der Waals surface area (Å²) in [6, 6.07) is -0.753. The van der Waals surface area contributed by atoms with Gasteiger partial charge in [0, 0.05) is 25.1 Å². The Balaban J connectivity index is 2.51. The molecular formula is C12H17N3O5. The van der Waals surface area contributed by atoms with Gasteiger partial charge in [0.05, 0.1) is 18.8 Å². The number of amides is 1. The summed E-state index contributed by atoms with van der Waals surface area (Å²) < 4.78 is 1.21. The third-order valence-corrected chi connectivity index (χ3v) is 3.59. The predicted molar refractivity (Wildman–Crippen MR) is 69.1 cm³/mol. The molecule has 1 aliphatic heterocycles. The van der Waals surface area contributed by atoms with Crippen LogP contribution in [0.4, 0.5) is 0 Å². The number of aromatic nitrogens is 2. The van der Waals surface area contributed by atoms with Crippen molar-refractivity contribution in [2.75, 3.05) is 6.61 Å². The molecule has 0 bridgehead atoms. The van der Waals surface area contributed by atoms with E-state index < -0.39 is 36.2 Å². The van der Waals surface area contributed by atoms with Gasteiger partial charge >= 0.3 is 5.69 Å². The van der Waals surface area contributed by atoms with E-state index in [2.05, 4.69) is 4.98 Å². The fraction of sp³-hybridized carbons (Fsp3) is 0.583. The maximum absolute atomic E-state index is 11.9. The molecule has 0 aliphatic carbocycles. The summed E-state index contributed by atoms with van der Waals surface area (Å²) in [5.74, 6) is -0.360. The fourth-order valence-corrected chi connectivity index (χ4v) is 2.60. The molecule has 0 radical (unpaired) electrons. The van der Waals surface area contributed by atoms with E-state index in [1.807, 2.05) is 0 Å². The molecule has 3 N–H and O–H groups in total. The van der Waals surface area contributed by atoms with Crippen LogP contribution in [0.3, 0.4) is 0 Å². The number of H-pyrrole nitrogens is 1. The van der Waals surface area contributed by atoms with Gasteiger partial charge in [0.2, 0.25) is 5.91 Å². The number of carbonyl (C=O) groups is 1. The smallest absolute Gasteiger partial charge is 0.330 e. The highest BCUT2D eigenvalue weighted by atomic mass is 16.3. The summed E-state index contributed by atoms with van der Waals surface area (Å²) in [7, 11) is 0. The van der Waals surface area contributed by atoms with Crippen molar-refractivity contribution in [3.05, 3.63) is 32.6 Å². The molecule has 2 heterocycles. The molecule has 1 aromatic heterocycles. The van der Waals surface area contributed by atoms with Crippen LogP contribution in [0.1, 0.15) is 25.1 Å². The maximum Gasteiger partial charge on any atom is 0.330 e. The molecule has 3 atom stereocenters. The number of hydrogen-bond acceptors (Lipinski definition) is 5. The average molecular weight is 283 g/mol. The molecule has 1 aromatic rings. The lowest BCUT2D eigenvalue weighted by Gasteiger charge is -2.29. The molecule has 2 rings (SSSR count). The van der Waals surface area contributed by atoms with Gasteiger partial charge in [-0.15, -0.1) is 0 Å². The van der Waals surface area contributed by atoms with Gasteiger partial charge in [-0.3, -0.25) is 19.1 Å². The normalized spacial score (nSPS) is 26.0. The number of aliphatic hydroxyl groups excluding tert-OH is 2. The number of aromatic amines is 1. The zero-order chi connectivity index (χ0) is 15.0. The van der Waals surface area contributed by atoms with Crippen LogP contribution in [0.2, 0.25) is 0 Å². The number of likely N-dealkylation sites (tertiary alicyclic amines) is 1. The van der Waals surface area contributed by atoms with Crippen LogP contribution in [0.25, 0.3) is 0 Å². The van der Waals surface area contributed by atoms with Crippen LogP contribution >= 0.6 is 0 Å². The lowest BCUT2D eigenvalue weighted by Crippen LogP contribution is -2.45. The Kier molecular flexibility index (Phi) is 3.78. The second-order valence-corrected chi connectivity index (χ2v) is 4.94. The minimum atomic E-state index is -0.923. The Bertz CT molecular complexity index is 635. The van der Waals surface area contributed by atoms with Gasteiger partial charge in [0.1, 0.15) is 6.17 Å². The first kappa shape index (κ1) is 14.5. The van der Waals surface area contributed by atoms with Crippen LogP contribution in [0.5, 0.6) is 0 Å².